The van der Waals surface area contributed by atoms with Crippen LogP contribution >= 0.6 is 0 Å². The smallest absolute Gasteiger partial charge is 0.319 e. The van der Waals surface area contributed by atoms with E-state index in [9.17, 15) is 13.2 Å². The first-order valence-corrected chi connectivity index (χ1v) is 10.7. The fourth-order valence-corrected chi connectivity index (χ4v) is 4.71. The van der Waals surface area contributed by atoms with Gasteiger partial charge in [-0.15, -0.1) is 0 Å². The van der Waals surface area contributed by atoms with Crippen LogP contribution in [-0.4, -0.2) is 43.3 Å². The second-order valence-corrected chi connectivity index (χ2v) is 9.23. The second-order valence-electron chi connectivity index (χ2n) is 6.65. The summed E-state index contributed by atoms with van der Waals surface area (Å²) in [4.78, 5) is 20.4. The Labute approximate surface area is 163 Å². The summed E-state index contributed by atoms with van der Waals surface area (Å²) in [6, 6.07) is 8.09. The molecule has 1 aromatic carbocycles. The molecule has 0 bridgehead atoms. The summed E-state index contributed by atoms with van der Waals surface area (Å²) in [6.07, 6.45) is 1.08. The summed E-state index contributed by atoms with van der Waals surface area (Å²) < 4.78 is 24.1. The van der Waals surface area contributed by atoms with Gasteiger partial charge in [-0.2, -0.15) is 0 Å². The van der Waals surface area contributed by atoms with Crippen molar-refractivity contribution >= 4 is 27.4 Å². The maximum absolute atomic E-state index is 12.5. The number of nitrogens with two attached hydrogens (primary N) is 2. The predicted octanol–water partition coefficient (Wildman–Crippen LogP) is 1.23. The minimum atomic E-state index is -3.29. The Bertz CT molecular complexity index is 971. The van der Waals surface area contributed by atoms with Crippen LogP contribution in [0.15, 0.2) is 30.3 Å². The lowest BCUT2D eigenvalue weighted by molar-refractivity contribution is 0.252. The van der Waals surface area contributed by atoms with Crippen LogP contribution in [0.1, 0.15) is 25.5 Å². The third kappa shape index (κ3) is 3.92. The topological polar surface area (TPSA) is 153 Å². The molecule has 6 N–H and O–H groups in total. The molecular weight excluding hydrogens is 380 g/mol. The maximum atomic E-state index is 12.5. The number of carbonyl (C=O) groups is 1. The summed E-state index contributed by atoms with van der Waals surface area (Å²) >= 11 is 0. The Morgan fingerprint density at radius 3 is 2.46 bits per heavy atom. The minimum Gasteiger partial charge on any atom is -0.384 e. The van der Waals surface area contributed by atoms with Crippen molar-refractivity contribution in [2.45, 2.75) is 24.5 Å². The average Bonchev–Trinajstić information content (AvgIpc) is 3.49. The highest BCUT2D eigenvalue weighted by atomic mass is 32.2. The van der Waals surface area contributed by atoms with E-state index in [2.05, 4.69) is 20.6 Å². The van der Waals surface area contributed by atoms with E-state index in [0.717, 1.165) is 0 Å². The number of sulfone groups is 1. The number of aromatic nitrogens is 2. The van der Waals surface area contributed by atoms with Crippen molar-refractivity contribution in [1.29, 1.82) is 0 Å². The predicted molar refractivity (Wildman–Crippen MR) is 108 cm³/mol. The van der Waals surface area contributed by atoms with Crippen molar-refractivity contribution in [3.05, 3.63) is 36.0 Å². The first-order valence-electron chi connectivity index (χ1n) is 9.04. The van der Waals surface area contributed by atoms with Crippen LogP contribution in [0.5, 0.6) is 0 Å². The van der Waals surface area contributed by atoms with E-state index in [-0.39, 0.29) is 17.6 Å². The van der Waals surface area contributed by atoms with E-state index in [1.807, 2.05) is 0 Å². The molecule has 0 unspecified atom stereocenters. The van der Waals surface area contributed by atoms with E-state index in [1.54, 1.807) is 37.3 Å². The molecule has 0 aliphatic heterocycles. The van der Waals surface area contributed by atoms with Crippen molar-refractivity contribution in [3.8, 4) is 11.4 Å². The molecule has 0 spiro atoms. The largest absolute Gasteiger partial charge is 0.384 e. The number of urea groups is 1. The molecule has 0 saturated heterocycles. The standard InChI is InChI=1S/C18H24N6O3S/c1-2-28(26,27)18(7-8-18)14-11-15(20)24-16(23-14)12-3-5-13(6-4-12)22-17(25)21-10-9-19/h3-6,11H,2,7-10,19H2,1H3,(H2,20,23,24)(H2,21,22,25). The van der Waals surface area contributed by atoms with E-state index in [4.69, 9.17) is 11.5 Å². The molecule has 10 heteroatoms. The van der Waals surface area contributed by atoms with Gasteiger partial charge >= 0.3 is 6.03 Å². The molecule has 3 rings (SSSR count). The van der Waals surface area contributed by atoms with E-state index in [1.165, 1.54) is 0 Å². The Morgan fingerprint density at radius 2 is 1.89 bits per heavy atom. The van der Waals surface area contributed by atoms with Crippen molar-refractivity contribution in [2.75, 3.05) is 29.9 Å². The van der Waals surface area contributed by atoms with Gasteiger partial charge < -0.3 is 22.1 Å². The lowest BCUT2D eigenvalue weighted by atomic mass is 10.1. The molecule has 1 fully saturated rings. The zero-order valence-corrected chi connectivity index (χ0v) is 16.4. The molecule has 2 aromatic rings. The minimum absolute atomic E-state index is 0.0544. The van der Waals surface area contributed by atoms with Crippen LogP contribution in [0.4, 0.5) is 16.3 Å². The number of nitrogens with zero attached hydrogens (tertiary/aromatic N) is 2. The molecule has 1 aliphatic carbocycles. The number of nitrogens with one attached hydrogen (secondary N) is 2. The normalized spacial score (nSPS) is 15.1. The van der Waals surface area contributed by atoms with Gasteiger partial charge in [0.1, 0.15) is 10.6 Å². The summed E-state index contributed by atoms with van der Waals surface area (Å²) in [5, 5.41) is 5.30. The van der Waals surface area contributed by atoms with E-state index in [0.29, 0.717) is 48.7 Å². The summed E-state index contributed by atoms with van der Waals surface area (Å²) in [7, 11) is -3.29. The number of rotatable bonds is 7. The lowest BCUT2D eigenvalue weighted by Crippen LogP contribution is -2.32. The van der Waals surface area contributed by atoms with Crippen molar-refractivity contribution in [3.63, 3.8) is 0 Å². The Morgan fingerprint density at radius 1 is 1.21 bits per heavy atom. The van der Waals surface area contributed by atoms with Gasteiger partial charge in [0.2, 0.25) is 0 Å². The first-order chi connectivity index (χ1) is 13.3. The lowest BCUT2D eigenvalue weighted by Gasteiger charge is -2.16. The van der Waals surface area contributed by atoms with Crippen LogP contribution in [0.2, 0.25) is 0 Å². The van der Waals surface area contributed by atoms with Crippen LogP contribution in [-0.2, 0) is 14.6 Å². The summed E-state index contributed by atoms with van der Waals surface area (Å²) in [5.41, 5.74) is 13.0. The third-order valence-electron chi connectivity index (χ3n) is 4.72. The zero-order chi connectivity index (χ0) is 20.4. The third-order valence-corrected chi connectivity index (χ3v) is 7.29. The van der Waals surface area contributed by atoms with E-state index < -0.39 is 14.6 Å². The molecule has 1 aromatic heterocycles. The number of carbonyl (C=O) groups excluding carboxylic acids is 1. The SMILES string of the molecule is CCS(=O)(=O)C1(c2cc(N)nc(-c3ccc(NC(=O)NCCN)cc3)n2)CC1. The Hall–Kier alpha value is -2.72. The summed E-state index contributed by atoms with van der Waals surface area (Å²) in [6.45, 7) is 2.37. The molecule has 1 heterocycles. The van der Waals surface area contributed by atoms with Gasteiger partial charge in [0.25, 0.3) is 0 Å². The van der Waals surface area contributed by atoms with E-state index >= 15 is 0 Å². The number of benzene rings is 1. The fourth-order valence-electron chi connectivity index (χ4n) is 3.01. The zero-order valence-electron chi connectivity index (χ0n) is 15.6. The number of hydrogen-bond donors (Lipinski definition) is 4. The molecule has 1 aliphatic rings. The highest BCUT2D eigenvalue weighted by Crippen LogP contribution is 2.52. The van der Waals surface area contributed by atoms with Gasteiger partial charge in [0, 0.05) is 36.2 Å². The number of nitrogen functional groups attached to an aromatic ring is 1. The maximum Gasteiger partial charge on any atom is 0.319 e. The highest BCUT2D eigenvalue weighted by Gasteiger charge is 2.56. The van der Waals surface area contributed by atoms with Crippen LogP contribution < -0.4 is 22.1 Å². The van der Waals surface area contributed by atoms with Gasteiger partial charge in [0.15, 0.2) is 15.7 Å². The highest BCUT2D eigenvalue weighted by molar-refractivity contribution is 7.92. The molecule has 1 saturated carbocycles. The monoisotopic (exact) mass is 404 g/mol. The second kappa shape index (κ2) is 7.72. The van der Waals surface area contributed by atoms with Gasteiger partial charge in [-0.3, -0.25) is 0 Å². The summed E-state index contributed by atoms with van der Waals surface area (Å²) in [5.74, 6) is 0.631. The van der Waals surface area contributed by atoms with Crippen molar-refractivity contribution < 1.29 is 13.2 Å². The van der Waals surface area contributed by atoms with Gasteiger partial charge in [-0.25, -0.2) is 23.2 Å². The van der Waals surface area contributed by atoms with Gasteiger partial charge in [-0.05, 0) is 37.1 Å². The van der Waals surface area contributed by atoms with Crippen LogP contribution in [0.3, 0.4) is 0 Å². The molecule has 150 valence electrons. The fraction of sp³-hybridized carbons (Fsp3) is 0.389. The Kier molecular flexibility index (Phi) is 5.52. The molecule has 2 amide bonds. The van der Waals surface area contributed by atoms with Crippen molar-refractivity contribution in [2.24, 2.45) is 5.73 Å². The van der Waals surface area contributed by atoms with Gasteiger partial charge in [0.05, 0.1) is 5.69 Å². The average molecular weight is 404 g/mol. The molecule has 28 heavy (non-hydrogen) atoms. The number of anilines is 2. The molecule has 0 atom stereocenters. The van der Waals surface area contributed by atoms with Crippen LogP contribution in [0.25, 0.3) is 11.4 Å². The number of hydrogen-bond acceptors (Lipinski definition) is 7. The quantitative estimate of drug-likeness (QED) is 0.541. The van der Waals surface area contributed by atoms with Gasteiger partial charge in [-0.1, -0.05) is 6.92 Å². The molecule has 0 radical (unpaired) electrons. The van der Waals surface area contributed by atoms with Crippen molar-refractivity contribution in [1.82, 2.24) is 15.3 Å². The van der Waals surface area contributed by atoms with Crippen LogP contribution in [0, 0.1) is 0 Å². The molecular formula is C18H24N6O3S. The Balaban J connectivity index is 1.85. The molecule has 9 nitrogen and oxygen atoms in total. The first kappa shape index (κ1) is 20.0. The number of amides is 2.